The Bertz CT molecular complexity index is 1300. The number of hydrogen-bond acceptors (Lipinski definition) is 6. The molecule has 1 saturated heterocycles. The lowest BCUT2D eigenvalue weighted by Crippen LogP contribution is -2.28. The molecule has 0 saturated carbocycles. The quantitative estimate of drug-likeness (QED) is 0.358. The molecule has 1 aliphatic rings. The van der Waals surface area contributed by atoms with E-state index in [1.54, 1.807) is 18.6 Å². The van der Waals surface area contributed by atoms with Crippen LogP contribution in [0.2, 0.25) is 0 Å². The molecule has 7 nitrogen and oxygen atoms in total. The van der Waals surface area contributed by atoms with Gasteiger partial charge in [0, 0.05) is 47.6 Å². The fraction of sp³-hybridized carbons (Fsp3) is 0.214. The van der Waals surface area contributed by atoms with Crippen LogP contribution in [0.4, 0.5) is 17.3 Å². The average Bonchev–Trinajstić information content (AvgIpc) is 2.92. The van der Waals surface area contributed by atoms with Crippen molar-refractivity contribution in [1.82, 2.24) is 20.3 Å². The van der Waals surface area contributed by atoms with Gasteiger partial charge < -0.3 is 16.0 Å². The van der Waals surface area contributed by atoms with Crippen LogP contribution in [-0.4, -0.2) is 33.9 Å². The van der Waals surface area contributed by atoms with Crippen LogP contribution in [0, 0.1) is 6.92 Å². The van der Waals surface area contributed by atoms with E-state index in [4.69, 9.17) is 0 Å². The Hall–Kier alpha value is -4.10. The first kappa shape index (κ1) is 22.7. The molecule has 0 bridgehead atoms. The van der Waals surface area contributed by atoms with Gasteiger partial charge >= 0.3 is 0 Å². The lowest BCUT2D eigenvalue weighted by Gasteiger charge is -2.23. The number of pyridine rings is 1. The summed E-state index contributed by atoms with van der Waals surface area (Å²) >= 11 is 0. The number of carbonyl (C=O) groups excluding carboxylic acids is 1. The van der Waals surface area contributed by atoms with Gasteiger partial charge in [-0.3, -0.25) is 9.78 Å². The molecule has 1 fully saturated rings. The lowest BCUT2D eigenvalue weighted by molar-refractivity contribution is 0.102. The third-order valence-corrected chi connectivity index (χ3v) is 6.30. The maximum Gasteiger partial charge on any atom is 0.255 e. The van der Waals surface area contributed by atoms with Crippen molar-refractivity contribution in [2.24, 2.45) is 0 Å². The molecule has 0 aliphatic carbocycles. The second kappa shape index (κ2) is 10.4. The van der Waals surface area contributed by atoms with Gasteiger partial charge in [-0.2, -0.15) is 0 Å². The summed E-state index contributed by atoms with van der Waals surface area (Å²) in [4.78, 5) is 26.0. The second-order valence-electron chi connectivity index (χ2n) is 8.78. The number of nitrogens with zero attached hydrogens (tertiary/aromatic N) is 3. The molecule has 1 atom stereocenters. The molecule has 4 aromatic rings. The summed E-state index contributed by atoms with van der Waals surface area (Å²) in [7, 11) is 0. The van der Waals surface area contributed by atoms with Crippen LogP contribution in [0.1, 0.15) is 40.2 Å². The van der Waals surface area contributed by atoms with Crippen molar-refractivity contribution in [2.75, 3.05) is 23.7 Å². The van der Waals surface area contributed by atoms with E-state index in [0.717, 1.165) is 35.6 Å². The molecule has 5 rings (SSSR count). The smallest absolute Gasteiger partial charge is 0.255 e. The first-order valence-corrected chi connectivity index (χ1v) is 11.9. The van der Waals surface area contributed by atoms with Crippen molar-refractivity contribution >= 4 is 23.2 Å². The largest absolute Gasteiger partial charge is 0.324 e. The predicted octanol–water partition coefficient (Wildman–Crippen LogP) is 5.31. The van der Waals surface area contributed by atoms with Crippen LogP contribution in [-0.2, 0) is 0 Å². The summed E-state index contributed by atoms with van der Waals surface area (Å²) in [5, 5.41) is 9.73. The number of piperidine rings is 1. The minimum atomic E-state index is -0.136. The van der Waals surface area contributed by atoms with E-state index >= 15 is 0 Å². The van der Waals surface area contributed by atoms with Gasteiger partial charge in [-0.1, -0.05) is 18.2 Å². The topological polar surface area (TPSA) is 91.8 Å². The van der Waals surface area contributed by atoms with Crippen LogP contribution in [0.5, 0.6) is 0 Å². The zero-order chi connectivity index (χ0) is 24.0. The predicted molar refractivity (Wildman–Crippen MR) is 139 cm³/mol. The first-order valence-electron chi connectivity index (χ1n) is 11.9. The number of benzene rings is 2. The molecule has 1 unspecified atom stereocenters. The van der Waals surface area contributed by atoms with Crippen molar-refractivity contribution in [2.45, 2.75) is 25.7 Å². The van der Waals surface area contributed by atoms with Crippen molar-refractivity contribution in [3.63, 3.8) is 0 Å². The van der Waals surface area contributed by atoms with Crippen LogP contribution in [0.25, 0.3) is 11.3 Å². The number of nitrogens with one attached hydrogen (secondary N) is 3. The highest BCUT2D eigenvalue weighted by Crippen LogP contribution is 2.26. The van der Waals surface area contributed by atoms with E-state index in [0.29, 0.717) is 23.1 Å². The normalized spacial score (nSPS) is 15.4. The number of hydrogen-bond donors (Lipinski definition) is 3. The monoisotopic (exact) mass is 464 g/mol. The highest BCUT2D eigenvalue weighted by atomic mass is 16.1. The molecule has 7 heteroatoms. The number of aryl methyl sites for hydroxylation is 1. The molecule has 35 heavy (non-hydrogen) atoms. The number of anilines is 3. The van der Waals surface area contributed by atoms with Crippen LogP contribution in [0.15, 0.2) is 79.3 Å². The van der Waals surface area contributed by atoms with Gasteiger partial charge in [0.05, 0.1) is 5.69 Å². The van der Waals surface area contributed by atoms with Gasteiger partial charge in [-0.15, -0.1) is 0 Å². The lowest BCUT2D eigenvalue weighted by atomic mass is 9.91. The summed E-state index contributed by atoms with van der Waals surface area (Å²) in [6, 6.07) is 19.4. The van der Waals surface area contributed by atoms with E-state index in [1.165, 1.54) is 18.4 Å². The molecule has 1 amide bonds. The summed E-state index contributed by atoms with van der Waals surface area (Å²) in [6.07, 6.45) is 7.59. The van der Waals surface area contributed by atoms with E-state index in [2.05, 4.69) is 43.0 Å². The maximum atomic E-state index is 12.9. The number of carbonyl (C=O) groups is 1. The molecule has 2 aromatic carbocycles. The Balaban J connectivity index is 1.28. The van der Waals surface area contributed by atoms with E-state index < -0.39 is 0 Å². The van der Waals surface area contributed by atoms with E-state index in [-0.39, 0.29) is 5.91 Å². The molecule has 2 aromatic heterocycles. The van der Waals surface area contributed by atoms with Crippen LogP contribution in [0.3, 0.4) is 0 Å². The van der Waals surface area contributed by atoms with Crippen molar-refractivity contribution in [1.29, 1.82) is 0 Å². The average molecular weight is 465 g/mol. The minimum Gasteiger partial charge on any atom is -0.324 e. The highest BCUT2D eigenvalue weighted by molar-refractivity contribution is 6.04. The molecule has 3 N–H and O–H groups in total. The minimum absolute atomic E-state index is 0.136. The van der Waals surface area contributed by atoms with Crippen molar-refractivity contribution < 1.29 is 4.79 Å². The van der Waals surface area contributed by atoms with Gasteiger partial charge in [-0.25, -0.2) is 9.97 Å². The summed E-state index contributed by atoms with van der Waals surface area (Å²) in [5.74, 6) is 0.860. The fourth-order valence-electron chi connectivity index (χ4n) is 4.30. The Morgan fingerprint density at radius 2 is 1.94 bits per heavy atom. The van der Waals surface area contributed by atoms with Gasteiger partial charge in [0.1, 0.15) is 0 Å². The molecule has 1 aliphatic heterocycles. The Labute approximate surface area is 205 Å². The fourth-order valence-corrected chi connectivity index (χ4v) is 4.30. The van der Waals surface area contributed by atoms with Crippen LogP contribution >= 0.6 is 0 Å². The van der Waals surface area contributed by atoms with E-state index in [9.17, 15) is 4.79 Å². The van der Waals surface area contributed by atoms with Gasteiger partial charge in [0.25, 0.3) is 5.91 Å². The number of aromatic nitrogens is 3. The third kappa shape index (κ3) is 5.53. The molecule has 176 valence electrons. The molecular weight excluding hydrogens is 436 g/mol. The Morgan fingerprint density at radius 1 is 1.06 bits per heavy atom. The van der Waals surface area contributed by atoms with E-state index in [1.807, 2.05) is 55.5 Å². The second-order valence-corrected chi connectivity index (χ2v) is 8.78. The third-order valence-electron chi connectivity index (χ3n) is 6.30. The molecule has 0 spiro atoms. The summed E-state index contributed by atoms with van der Waals surface area (Å²) < 4.78 is 0. The van der Waals surface area contributed by atoms with Gasteiger partial charge in [-0.05, 0) is 85.8 Å². The zero-order valence-electron chi connectivity index (χ0n) is 19.7. The highest BCUT2D eigenvalue weighted by Gasteiger charge is 2.16. The SMILES string of the molecule is Cc1ccc(NC(=O)c2ccc(C3CCCNC3)cc2)cc1Nc1nccc(-c2cccnc2)n1. The Kier molecular flexibility index (Phi) is 6.77. The number of rotatable bonds is 6. The zero-order valence-corrected chi connectivity index (χ0v) is 19.7. The first-order chi connectivity index (χ1) is 17.2. The number of amides is 1. The summed E-state index contributed by atoms with van der Waals surface area (Å²) in [6.45, 7) is 4.09. The molecule has 3 heterocycles. The van der Waals surface area contributed by atoms with Crippen molar-refractivity contribution in [3.05, 3.63) is 95.9 Å². The maximum absolute atomic E-state index is 12.9. The summed E-state index contributed by atoms with van der Waals surface area (Å²) in [5.41, 5.74) is 6.16. The molecular formula is C28H28N6O. The standard InChI is InChI=1S/C28H28N6O/c1-19-6-11-24(32-27(35)21-9-7-20(8-10-21)22-4-2-13-29-17-22)16-26(19)34-28-31-15-12-25(33-28)23-5-3-14-30-18-23/h3,5-12,14-16,18,22,29H,2,4,13,17H2,1H3,(H,32,35)(H,31,33,34). The molecule has 0 radical (unpaired) electrons. The van der Waals surface area contributed by atoms with Gasteiger partial charge in [0.15, 0.2) is 0 Å². The van der Waals surface area contributed by atoms with Crippen LogP contribution < -0.4 is 16.0 Å². The Morgan fingerprint density at radius 3 is 2.71 bits per heavy atom. The van der Waals surface area contributed by atoms with Gasteiger partial charge in [0.2, 0.25) is 5.95 Å². The van der Waals surface area contributed by atoms with Crippen molar-refractivity contribution in [3.8, 4) is 11.3 Å².